The van der Waals surface area contributed by atoms with Crippen LogP contribution < -0.4 is 0 Å². The zero-order chi connectivity index (χ0) is 22.3. The molecule has 0 saturated carbocycles. The second-order valence-corrected chi connectivity index (χ2v) is 6.61. The van der Waals surface area contributed by atoms with Crippen LogP contribution in [-0.4, -0.2) is 17.6 Å². The van der Waals surface area contributed by atoms with Gasteiger partial charge in [0.05, 0.1) is 5.69 Å². The van der Waals surface area contributed by atoms with Crippen molar-refractivity contribution >= 4 is 35.5 Å². The monoisotopic (exact) mass is 414 g/mol. The van der Waals surface area contributed by atoms with E-state index in [-0.39, 0.29) is 0 Å². The first-order chi connectivity index (χ1) is 15.8. The zero-order valence-electron chi connectivity index (χ0n) is 17.5. The molecule has 32 heavy (non-hydrogen) atoms. The number of rotatable bonds is 4. The molecule has 4 aromatic rings. The molecule has 0 amide bonds. The van der Waals surface area contributed by atoms with Crippen molar-refractivity contribution < 1.29 is 4.79 Å². The van der Waals surface area contributed by atoms with Crippen LogP contribution in [0.15, 0.2) is 131 Å². The fraction of sp³-hybridized carbons (Fsp3) is 0. The van der Waals surface area contributed by atoms with Crippen LogP contribution in [0.4, 0.5) is 5.69 Å². The van der Waals surface area contributed by atoms with Crippen LogP contribution in [0.1, 0.15) is 16.7 Å². The first kappa shape index (κ1) is 22.1. The number of hydrogen-bond acceptors (Lipinski definition) is 2. The van der Waals surface area contributed by atoms with Crippen molar-refractivity contribution in [3.8, 4) is 0 Å². The summed E-state index contributed by atoms with van der Waals surface area (Å²) in [6, 6.07) is 39.1. The molecule has 0 fully saturated rings. The molecule has 0 radical (unpaired) electrons. The molecule has 0 saturated heterocycles. The van der Waals surface area contributed by atoms with Crippen LogP contribution in [0, 0.1) is 0 Å². The lowest BCUT2D eigenvalue weighted by atomic mass is 10.2. The molecule has 0 heterocycles. The van der Waals surface area contributed by atoms with Gasteiger partial charge in [0, 0.05) is 17.7 Å². The summed E-state index contributed by atoms with van der Waals surface area (Å²) in [5.41, 5.74) is 3.79. The Hall–Kier alpha value is -4.55. The first-order valence-electron chi connectivity index (χ1n) is 10.1. The van der Waals surface area contributed by atoms with Gasteiger partial charge in [0.2, 0.25) is 0 Å². The summed E-state index contributed by atoms with van der Waals surface area (Å²) in [5.74, 6) is 5.34. The van der Waals surface area contributed by atoms with Gasteiger partial charge in [-0.3, -0.25) is 0 Å². The van der Waals surface area contributed by atoms with Crippen molar-refractivity contribution in [3.05, 3.63) is 138 Å². The lowest BCUT2D eigenvalue weighted by Gasteiger charge is -2.00. The standard InChI is InChI=1S/C21H16N2.C8H6O/c1-4-10-18(11-5-1)16-17-22-21(19-12-6-2-7-13-19)23-20-14-8-3-9-15-20;9-7-6-8-4-2-1-3-5-8/h1-16H;1-6H. The topological polar surface area (TPSA) is 41.8 Å². The third-order valence-electron chi connectivity index (χ3n) is 4.25. The van der Waals surface area contributed by atoms with E-state index in [9.17, 15) is 4.79 Å². The largest absolute Gasteiger partial charge is 0.233 e. The Morgan fingerprint density at radius 3 is 1.59 bits per heavy atom. The fourth-order valence-electron chi connectivity index (χ4n) is 2.70. The summed E-state index contributed by atoms with van der Waals surface area (Å²) >= 11 is 0. The highest BCUT2D eigenvalue weighted by molar-refractivity contribution is 6.05. The number of aliphatic imine (C=N–C) groups is 2. The summed E-state index contributed by atoms with van der Waals surface area (Å²) in [7, 11) is 0. The minimum atomic E-state index is 0.643. The summed E-state index contributed by atoms with van der Waals surface area (Å²) in [6.45, 7) is 0. The molecule has 0 aliphatic carbocycles. The van der Waals surface area contributed by atoms with Crippen molar-refractivity contribution in [2.24, 2.45) is 9.98 Å². The molecule has 4 aromatic carbocycles. The maximum atomic E-state index is 9.79. The summed E-state index contributed by atoms with van der Waals surface area (Å²) in [6.07, 6.45) is 3.25. The van der Waals surface area contributed by atoms with Gasteiger partial charge in [0.1, 0.15) is 5.94 Å². The van der Waals surface area contributed by atoms with Crippen LogP contribution in [-0.2, 0) is 4.79 Å². The molecule has 0 aromatic heterocycles. The molecule has 0 aliphatic rings. The normalized spacial score (nSPS) is 9.94. The molecule has 3 nitrogen and oxygen atoms in total. The average Bonchev–Trinajstić information content (AvgIpc) is 2.87. The van der Waals surface area contributed by atoms with Crippen LogP contribution in [0.25, 0.3) is 12.2 Å². The molecular weight excluding hydrogens is 392 g/mol. The number of benzene rings is 4. The maximum Gasteiger partial charge on any atom is 0.169 e. The molecule has 3 heteroatoms. The van der Waals surface area contributed by atoms with Gasteiger partial charge in [-0.25, -0.2) is 9.79 Å². The Labute approximate surface area is 188 Å². The van der Waals surface area contributed by atoms with Crippen LogP contribution in [0.2, 0.25) is 0 Å². The van der Waals surface area contributed by atoms with E-state index in [0.29, 0.717) is 5.84 Å². The highest BCUT2D eigenvalue weighted by Crippen LogP contribution is 2.13. The molecule has 0 bridgehead atoms. The van der Waals surface area contributed by atoms with Gasteiger partial charge in [0.15, 0.2) is 5.84 Å². The Morgan fingerprint density at radius 1 is 0.594 bits per heavy atom. The lowest BCUT2D eigenvalue weighted by molar-refractivity contribution is 0.570. The van der Waals surface area contributed by atoms with E-state index >= 15 is 0 Å². The van der Waals surface area contributed by atoms with Gasteiger partial charge in [-0.2, -0.15) is 4.99 Å². The van der Waals surface area contributed by atoms with E-state index in [4.69, 9.17) is 0 Å². The van der Waals surface area contributed by atoms with Crippen molar-refractivity contribution in [2.75, 3.05) is 0 Å². The Bertz CT molecular complexity index is 1220. The second kappa shape index (κ2) is 12.9. The van der Waals surface area contributed by atoms with Gasteiger partial charge in [-0.05, 0) is 29.1 Å². The molecule has 0 spiro atoms. The van der Waals surface area contributed by atoms with Crippen LogP contribution in [0.5, 0.6) is 0 Å². The quantitative estimate of drug-likeness (QED) is 0.209. The minimum Gasteiger partial charge on any atom is -0.233 e. The number of hydrogen-bond donors (Lipinski definition) is 0. The predicted molar refractivity (Wildman–Crippen MR) is 134 cm³/mol. The molecule has 0 atom stereocenters. The molecule has 154 valence electrons. The number of para-hydroxylation sites is 1. The third kappa shape index (κ3) is 7.70. The Morgan fingerprint density at radius 2 is 1.06 bits per heavy atom. The zero-order valence-corrected chi connectivity index (χ0v) is 17.5. The van der Waals surface area contributed by atoms with E-state index in [2.05, 4.69) is 15.9 Å². The Balaban J connectivity index is 0.000000269. The smallest absolute Gasteiger partial charge is 0.169 e. The van der Waals surface area contributed by atoms with Crippen LogP contribution >= 0.6 is 0 Å². The van der Waals surface area contributed by atoms with Gasteiger partial charge in [-0.1, -0.05) is 109 Å². The van der Waals surface area contributed by atoms with E-state index in [1.165, 1.54) is 6.08 Å². The molecule has 0 N–H and O–H groups in total. The third-order valence-corrected chi connectivity index (χ3v) is 4.25. The SMILES string of the molecule is C(=Cc1ccccc1)=NC(=Nc1ccccc1)c1ccccc1.O=C=Cc1ccccc1. The maximum absolute atomic E-state index is 9.79. The van der Waals surface area contributed by atoms with Gasteiger partial charge in [0.25, 0.3) is 0 Å². The molecule has 0 unspecified atom stereocenters. The summed E-state index contributed by atoms with van der Waals surface area (Å²) in [5, 5.41) is 0. The average molecular weight is 415 g/mol. The Kier molecular flexibility index (Phi) is 8.92. The van der Waals surface area contributed by atoms with Crippen LogP contribution in [0.3, 0.4) is 0 Å². The van der Waals surface area contributed by atoms with E-state index in [1.54, 1.807) is 5.94 Å². The highest BCUT2D eigenvalue weighted by atomic mass is 16.1. The van der Waals surface area contributed by atoms with Crippen molar-refractivity contribution in [1.82, 2.24) is 0 Å². The van der Waals surface area contributed by atoms with E-state index in [0.717, 1.165) is 22.4 Å². The highest BCUT2D eigenvalue weighted by Gasteiger charge is 2.00. The molecule has 0 aliphatic heterocycles. The van der Waals surface area contributed by atoms with E-state index in [1.807, 2.05) is 127 Å². The predicted octanol–water partition coefficient (Wildman–Crippen LogP) is 6.68. The van der Waals surface area contributed by atoms with E-state index < -0.39 is 0 Å². The van der Waals surface area contributed by atoms with Gasteiger partial charge in [-0.15, -0.1) is 0 Å². The second-order valence-electron chi connectivity index (χ2n) is 6.61. The fourth-order valence-corrected chi connectivity index (χ4v) is 2.70. The first-order valence-corrected chi connectivity index (χ1v) is 10.1. The summed E-state index contributed by atoms with van der Waals surface area (Å²) < 4.78 is 0. The van der Waals surface area contributed by atoms with Crippen molar-refractivity contribution in [1.29, 1.82) is 0 Å². The molecule has 4 rings (SSSR count). The molecular formula is C29H22N2O. The number of nitrogens with zero attached hydrogens (tertiary/aromatic N) is 2. The number of carbonyl (C=O) groups excluding carboxylic acids is 1. The van der Waals surface area contributed by atoms with Gasteiger partial charge < -0.3 is 0 Å². The summed E-state index contributed by atoms with van der Waals surface area (Å²) in [4.78, 5) is 18.9. The van der Waals surface area contributed by atoms with Gasteiger partial charge >= 0.3 is 0 Å². The lowest BCUT2D eigenvalue weighted by Crippen LogP contribution is -1.95. The number of amidine groups is 1. The van der Waals surface area contributed by atoms with Crippen molar-refractivity contribution in [3.63, 3.8) is 0 Å². The minimum absolute atomic E-state index is 0.643. The van der Waals surface area contributed by atoms with Crippen molar-refractivity contribution in [2.45, 2.75) is 0 Å².